The average Bonchev–Trinajstić information content (AvgIpc) is 2.31. The third kappa shape index (κ3) is 5.78. The van der Waals surface area contributed by atoms with E-state index < -0.39 is 0 Å². The van der Waals surface area contributed by atoms with Gasteiger partial charge in [0.2, 0.25) is 0 Å². The van der Waals surface area contributed by atoms with E-state index in [1.54, 1.807) is 0 Å². The highest BCUT2D eigenvalue weighted by Crippen LogP contribution is 2.23. The van der Waals surface area contributed by atoms with Gasteiger partial charge in [0.1, 0.15) is 0 Å². The van der Waals surface area contributed by atoms with E-state index >= 15 is 0 Å². The van der Waals surface area contributed by atoms with Gasteiger partial charge in [0, 0.05) is 0 Å². The molecule has 0 atom stereocenters. The predicted molar refractivity (Wildman–Crippen MR) is 70.1 cm³/mol. The van der Waals surface area contributed by atoms with Crippen LogP contribution in [0.5, 0.6) is 0 Å². The number of rotatable bonds is 3. The highest BCUT2D eigenvalue weighted by Gasteiger charge is 2.16. The lowest BCUT2D eigenvalue weighted by atomic mass is 9.90. The normalized spacial score (nSPS) is 19.3. The molecule has 0 radical (unpaired) electrons. The van der Waals surface area contributed by atoms with Crippen molar-refractivity contribution in [2.75, 3.05) is 20.1 Å². The lowest BCUT2D eigenvalue weighted by Gasteiger charge is -2.29. The Bertz CT molecular complexity index is 186. The molecule has 0 aliphatic carbocycles. The Balaban J connectivity index is 0.000000921. The van der Waals surface area contributed by atoms with Crippen LogP contribution < -0.4 is 0 Å². The molecule has 0 bridgehead atoms. The van der Waals surface area contributed by atoms with Crippen LogP contribution in [0.3, 0.4) is 0 Å². The number of likely N-dealkylation sites (tertiary alicyclic amines) is 1. The third-order valence-corrected chi connectivity index (χ3v) is 3.00. The number of hydrogen-bond donors (Lipinski definition) is 0. The van der Waals surface area contributed by atoms with Gasteiger partial charge in [0.05, 0.1) is 0 Å². The lowest BCUT2D eigenvalue weighted by Crippen LogP contribution is -2.30. The quantitative estimate of drug-likeness (QED) is 0.638. The minimum absolute atomic E-state index is 0.889. The number of hydrogen-bond acceptors (Lipinski definition) is 1. The molecule has 1 nitrogen and oxygen atoms in total. The summed E-state index contributed by atoms with van der Waals surface area (Å²) in [5.41, 5.74) is 1.41. The molecule has 15 heavy (non-hydrogen) atoms. The summed E-state index contributed by atoms with van der Waals surface area (Å²) in [6, 6.07) is 0. The van der Waals surface area contributed by atoms with Crippen LogP contribution in [0, 0.1) is 5.92 Å². The van der Waals surface area contributed by atoms with Gasteiger partial charge in [0.15, 0.2) is 0 Å². The molecule has 1 saturated heterocycles. The maximum absolute atomic E-state index is 3.83. The van der Waals surface area contributed by atoms with E-state index in [0.717, 1.165) is 5.92 Å². The van der Waals surface area contributed by atoms with E-state index in [1.807, 2.05) is 19.9 Å². The number of piperidine rings is 1. The molecule has 0 aromatic rings. The molecule has 1 heterocycles. The van der Waals surface area contributed by atoms with Gasteiger partial charge in [-0.1, -0.05) is 38.2 Å². The zero-order valence-corrected chi connectivity index (χ0v) is 10.9. The number of nitrogens with zero attached hydrogens (tertiary/aromatic N) is 1. The molecule has 1 rings (SSSR count). The maximum atomic E-state index is 3.83. The second-order valence-corrected chi connectivity index (χ2v) is 4.02. The molecule has 1 fully saturated rings. The van der Waals surface area contributed by atoms with Crippen LogP contribution in [0.15, 0.2) is 24.3 Å². The van der Waals surface area contributed by atoms with Crippen LogP contribution in [-0.4, -0.2) is 25.0 Å². The monoisotopic (exact) mass is 209 g/mol. The van der Waals surface area contributed by atoms with E-state index in [4.69, 9.17) is 0 Å². The van der Waals surface area contributed by atoms with Crippen molar-refractivity contribution in [1.29, 1.82) is 0 Å². The fourth-order valence-electron chi connectivity index (χ4n) is 1.92. The summed E-state index contributed by atoms with van der Waals surface area (Å²) in [5, 5.41) is 0. The molecule has 1 aliphatic heterocycles. The Morgan fingerprint density at radius 3 is 2.27 bits per heavy atom. The van der Waals surface area contributed by atoms with Crippen LogP contribution in [0.2, 0.25) is 0 Å². The van der Waals surface area contributed by atoms with Gasteiger partial charge in [-0.2, -0.15) is 0 Å². The Hall–Kier alpha value is -0.560. The first-order valence-electron chi connectivity index (χ1n) is 6.22. The minimum atomic E-state index is 0.889. The third-order valence-electron chi connectivity index (χ3n) is 3.00. The summed E-state index contributed by atoms with van der Waals surface area (Å²) < 4.78 is 0. The Kier molecular flexibility index (Phi) is 8.40. The largest absolute Gasteiger partial charge is 0.306 e. The minimum Gasteiger partial charge on any atom is -0.306 e. The molecule has 1 heteroatoms. The molecular formula is C14H27N. The van der Waals surface area contributed by atoms with Gasteiger partial charge in [-0.25, -0.2) is 0 Å². The highest BCUT2D eigenvalue weighted by molar-refractivity contribution is 5.15. The zero-order chi connectivity index (χ0) is 11.7. The molecule has 0 aromatic carbocycles. The second-order valence-electron chi connectivity index (χ2n) is 4.02. The lowest BCUT2D eigenvalue weighted by molar-refractivity contribution is 0.219. The summed E-state index contributed by atoms with van der Waals surface area (Å²) in [5.74, 6) is 0.889. The molecule has 0 N–H and O–H groups in total. The van der Waals surface area contributed by atoms with Crippen molar-refractivity contribution in [2.24, 2.45) is 5.92 Å². The van der Waals surface area contributed by atoms with Crippen molar-refractivity contribution < 1.29 is 0 Å². The summed E-state index contributed by atoms with van der Waals surface area (Å²) >= 11 is 0. The van der Waals surface area contributed by atoms with E-state index in [2.05, 4.69) is 31.5 Å². The van der Waals surface area contributed by atoms with Gasteiger partial charge >= 0.3 is 0 Å². The van der Waals surface area contributed by atoms with Crippen molar-refractivity contribution in [1.82, 2.24) is 4.90 Å². The van der Waals surface area contributed by atoms with Crippen molar-refractivity contribution in [3.05, 3.63) is 24.3 Å². The molecule has 88 valence electrons. The van der Waals surface area contributed by atoms with E-state index in [0.29, 0.717) is 0 Å². The first-order valence-corrected chi connectivity index (χ1v) is 6.22. The Morgan fingerprint density at radius 2 is 1.87 bits per heavy atom. The average molecular weight is 209 g/mol. The second kappa shape index (κ2) is 8.72. The van der Waals surface area contributed by atoms with Gasteiger partial charge < -0.3 is 4.90 Å². The predicted octanol–water partition coefficient (Wildman–Crippen LogP) is 3.88. The Labute approximate surface area is 95.9 Å². The van der Waals surface area contributed by atoms with Crippen LogP contribution >= 0.6 is 0 Å². The molecular weight excluding hydrogens is 182 g/mol. The SMILES string of the molecule is C=C/C(=C\C)CC1CCN(C)CC1.CC. The Morgan fingerprint density at radius 1 is 1.33 bits per heavy atom. The molecule has 0 spiro atoms. The zero-order valence-electron chi connectivity index (χ0n) is 10.9. The van der Waals surface area contributed by atoms with Crippen molar-refractivity contribution in [2.45, 2.75) is 40.0 Å². The van der Waals surface area contributed by atoms with Crippen LogP contribution in [0.4, 0.5) is 0 Å². The van der Waals surface area contributed by atoms with Gasteiger partial charge in [-0.05, 0) is 52.2 Å². The molecule has 0 unspecified atom stereocenters. The topological polar surface area (TPSA) is 3.24 Å². The van der Waals surface area contributed by atoms with Crippen molar-refractivity contribution in [3.63, 3.8) is 0 Å². The van der Waals surface area contributed by atoms with Gasteiger partial charge in [0.25, 0.3) is 0 Å². The standard InChI is InChI=1S/C12H21N.C2H6/c1-4-11(5-2)10-12-6-8-13(3)9-7-12;1-2/h4-5,12H,1,6-10H2,2-3H3;1-2H3/b11-5+;. The van der Waals surface area contributed by atoms with E-state index in [1.165, 1.54) is 37.9 Å². The van der Waals surface area contributed by atoms with E-state index in [-0.39, 0.29) is 0 Å². The fraction of sp³-hybridized carbons (Fsp3) is 0.714. The molecule has 0 amide bonds. The summed E-state index contributed by atoms with van der Waals surface area (Å²) in [6.45, 7) is 12.5. The van der Waals surface area contributed by atoms with Gasteiger partial charge in [-0.15, -0.1) is 0 Å². The molecule has 0 aromatic heterocycles. The highest BCUT2D eigenvalue weighted by atomic mass is 15.1. The van der Waals surface area contributed by atoms with Crippen LogP contribution in [-0.2, 0) is 0 Å². The summed E-state index contributed by atoms with van der Waals surface area (Å²) in [7, 11) is 2.21. The van der Waals surface area contributed by atoms with Crippen LogP contribution in [0.25, 0.3) is 0 Å². The summed E-state index contributed by atoms with van der Waals surface area (Å²) in [6.07, 6.45) is 8.11. The number of allylic oxidation sites excluding steroid dienone is 3. The van der Waals surface area contributed by atoms with E-state index in [9.17, 15) is 0 Å². The molecule has 0 saturated carbocycles. The maximum Gasteiger partial charge on any atom is -0.00190 e. The fourth-order valence-corrected chi connectivity index (χ4v) is 1.92. The van der Waals surface area contributed by atoms with Gasteiger partial charge in [-0.3, -0.25) is 0 Å². The van der Waals surface area contributed by atoms with Crippen LogP contribution in [0.1, 0.15) is 40.0 Å². The smallest absolute Gasteiger partial charge is 0.00190 e. The molecule has 1 aliphatic rings. The summed E-state index contributed by atoms with van der Waals surface area (Å²) in [4.78, 5) is 2.42. The first-order chi connectivity index (χ1) is 7.26. The van der Waals surface area contributed by atoms with Crippen molar-refractivity contribution >= 4 is 0 Å². The first kappa shape index (κ1) is 14.4. The van der Waals surface area contributed by atoms with Crippen molar-refractivity contribution in [3.8, 4) is 0 Å².